The van der Waals surface area contributed by atoms with Crippen molar-refractivity contribution in [2.75, 3.05) is 37.3 Å². The molecule has 0 atom stereocenters. The van der Waals surface area contributed by atoms with E-state index >= 15 is 0 Å². The molecule has 0 aliphatic carbocycles. The maximum Gasteiger partial charge on any atom is 0.322 e. The van der Waals surface area contributed by atoms with Gasteiger partial charge >= 0.3 is 6.03 Å². The normalized spacial score (nSPS) is 17.3. The number of benzene rings is 1. The minimum Gasteiger partial charge on any atom is -0.383 e. The first-order valence-corrected chi connectivity index (χ1v) is 11.4. The fraction of sp³-hybridized carbons (Fsp3) is 0.458. The van der Waals surface area contributed by atoms with Crippen LogP contribution in [0.5, 0.6) is 0 Å². The first-order chi connectivity index (χ1) is 15.4. The van der Waals surface area contributed by atoms with Crippen molar-refractivity contribution in [3.63, 3.8) is 0 Å². The minimum absolute atomic E-state index is 0.0140. The largest absolute Gasteiger partial charge is 0.383 e. The Kier molecular flexibility index (Phi) is 5.25. The van der Waals surface area contributed by atoms with Gasteiger partial charge in [-0.05, 0) is 76.5 Å². The highest BCUT2D eigenvalue weighted by Crippen LogP contribution is 2.38. The van der Waals surface area contributed by atoms with Crippen molar-refractivity contribution in [2.24, 2.45) is 0 Å². The molecule has 8 heteroatoms. The molecule has 2 aromatic heterocycles. The molecule has 3 N–H and O–H groups in total. The summed E-state index contributed by atoms with van der Waals surface area (Å²) >= 11 is 0. The Hall–Kier alpha value is -3.13. The number of anilines is 2. The fourth-order valence-corrected chi connectivity index (χ4v) is 4.91. The number of hydrogen-bond donors (Lipinski definition) is 2. The third-order valence-corrected chi connectivity index (χ3v) is 6.77. The molecule has 1 saturated heterocycles. The Morgan fingerprint density at radius 2 is 1.97 bits per heavy atom. The molecule has 0 spiro atoms. The van der Waals surface area contributed by atoms with Gasteiger partial charge in [0.05, 0.1) is 5.39 Å². The van der Waals surface area contributed by atoms with E-state index < -0.39 is 0 Å². The van der Waals surface area contributed by atoms with Crippen LogP contribution in [0.1, 0.15) is 38.3 Å². The maximum absolute atomic E-state index is 13.0. The van der Waals surface area contributed by atoms with Crippen molar-refractivity contribution in [3.05, 3.63) is 36.3 Å². The van der Waals surface area contributed by atoms with E-state index in [0.29, 0.717) is 12.4 Å². The number of carbonyl (C=O) groups excluding carboxylic acids is 1. The number of fused-ring (bicyclic) bond motifs is 2. The zero-order valence-corrected chi connectivity index (χ0v) is 19.0. The number of aromatic nitrogens is 3. The summed E-state index contributed by atoms with van der Waals surface area (Å²) in [5, 5.41) is 4.13. The van der Waals surface area contributed by atoms with Crippen molar-refractivity contribution in [1.82, 2.24) is 24.8 Å². The summed E-state index contributed by atoms with van der Waals surface area (Å²) in [6.07, 6.45) is 6.49. The molecule has 0 unspecified atom stereocenters. The van der Waals surface area contributed by atoms with Gasteiger partial charge in [0.1, 0.15) is 17.8 Å². The van der Waals surface area contributed by atoms with Crippen LogP contribution >= 0.6 is 0 Å². The van der Waals surface area contributed by atoms with Crippen LogP contribution < -0.4 is 16.0 Å². The number of nitrogens with zero attached hydrogens (tertiary/aromatic N) is 5. The number of carbonyl (C=O) groups is 1. The van der Waals surface area contributed by atoms with Crippen LogP contribution in [0.3, 0.4) is 0 Å². The summed E-state index contributed by atoms with van der Waals surface area (Å²) in [7, 11) is 2.13. The average Bonchev–Trinajstić information content (AvgIpc) is 3.37. The lowest BCUT2D eigenvalue weighted by Gasteiger charge is -2.31. The second kappa shape index (κ2) is 8.09. The number of rotatable bonds is 3. The second-order valence-electron chi connectivity index (χ2n) is 9.27. The van der Waals surface area contributed by atoms with Gasteiger partial charge in [0.25, 0.3) is 0 Å². The van der Waals surface area contributed by atoms with Crippen LogP contribution in [0, 0.1) is 0 Å². The van der Waals surface area contributed by atoms with Crippen LogP contribution in [0.4, 0.5) is 16.3 Å². The molecular formula is C24H31N7O. The third kappa shape index (κ3) is 3.58. The first-order valence-electron chi connectivity index (χ1n) is 11.4. The molecule has 2 aliphatic heterocycles. The quantitative estimate of drug-likeness (QED) is 0.660. The van der Waals surface area contributed by atoms with E-state index in [0.717, 1.165) is 60.2 Å². The molecule has 3 aromatic rings. The lowest BCUT2D eigenvalue weighted by atomic mass is 10.0. The Balaban J connectivity index is 1.43. The summed E-state index contributed by atoms with van der Waals surface area (Å²) in [6, 6.07) is 6.85. The lowest BCUT2D eigenvalue weighted by Crippen LogP contribution is -2.48. The standard InChI is InChI=1S/C24H31N7O/c1-15(2)31-13-19(21-22(25)26-14-27-23(21)31)16-4-5-20-17(12-16)6-11-30(20)24(32)28-18-7-9-29(3)10-8-18/h4-5,12-15,18H,6-11H2,1-3H3,(H,28,32)(H2,25,26,27). The van der Waals surface area contributed by atoms with Gasteiger partial charge < -0.3 is 20.5 Å². The van der Waals surface area contributed by atoms with Crippen molar-refractivity contribution in [2.45, 2.75) is 45.2 Å². The molecule has 5 rings (SSSR count). The molecule has 2 aliphatic rings. The van der Waals surface area contributed by atoms with Crippen LogP contribution in [0.25, 0.3) is 22.2 Å². The summed E-state index contributed by atoms with van der Waals surface area (Å²) < 4.78 is 2.14. The zero-order valence-electron chi connectivity index (χ0n) is 19.0. The molecule has 32 heavy (non-hydrogen) atoms. The van der Waals surface area contributed by atoms with E-state index in [9.17, 15) is 4.79 Å². The predicted molar refractivity (Wildman–Crippen MR) is 128 cm³/mol. The first kappa shape index (κ1) is 20.8. The number of hydrogen-bond acceptors (Lipinski definition) is 5. The minimum atomic E-state index is 0.0140. The number of piperidine rings is 1. The van der Waals surface area contributed by atoms with E-state index in [1.165, 1.54) is 11.9 Å². The van der Waals surface area contributed by atoms with Crippen molar-refractivity contribution in [3.8, 4) is 11.1 Å². The molecule has 168 valence electrons. The molecule has 0 radical (unpaired) electrons. The van der Waals surface area contributed by atoms with Crippen LogP contribution in [0.15, 0.2) is 30.7 Å². The lowest BCUT2D eigenvalue weighted by molar-refractivity contribution is 0.218. The number of nitrogens with two attached hydrogens (primary N) is 1. The Morgan fingerprint density at radius 1 is 1.19 bits per heavy atom. The van der Waals surface area contributed by atoms with E-state index in [1.807, 2.05) is 4.90 Å². The molecule has 1 fully saturated rings. The number of likely N-dealkylation sites (tertiary alicyclic amines) is 1. The van der Waals surface area contributed by atoms with Gasteiger partial charge in [0.15, 0.2) is 0 Å². The number of nitrogen functional groups attached to an aromatic ring is 1. The predicted octanol–water partition coefficient (Wildman–Crippen LogP) is 3.43. The Bertz CT molecular complexity index is 1160. The van der Waals surface area contributed by atoms with E-state index in [1.54, 1.807) is 0 Å². The highest BCUT2D eigenvalue weighted by atomic mass is 16.2. The molecule has 8 nitrogen and oxygen atoms in total. The SMILES string of the molecule is CC(C)n1cc(-c2ccc3c(c2)CCN3C(=O)NC2CCN(C)CC2)c2c(N)ncnc21. The third-order valence-electron chi connectivity index (χ3n) is 6.77. The number of nitrogens with one attached hydrogen (secondary N) is 1. The second-order valence-corrected chi connectivity index (χ2v) is 9.27. The van der Waals surface area contributed by atoms with Gasteiger partial charge in [-0.1, -0.05) is 6.07 Å². The van der Waals surface area contributed by atoms with E-state index in [-0.39, 0.29) is 18.1 Å². The van der Waals surface area contributed by atoms with E-state index in [2.05, 4.69) is 70.0 Å². The molecule has 1 aromatic carbocycles. The molecule has 0 bridgehead atoms. The van der Waals surface area contributed by atoms with Crippen molar-refractivity contribution < 1.29 is 4.79 Å². The highest BCUT2D eigenvalue weighted by molar-refractivity contribution is 6.01. The van der Waals surface area contributed by atoms with E-state index in [4.69, 9.17) is 5.73 Å². The van der Waals surface area contributed by atoms with Crippen LogP contribution in [-0.4, -0.2) is 58.2 Å². The van der Waals surface area contributed by atoms with Gasteiger partial charge in [-0.2, -0.15) is 0 Å². The number of amides is 2. The van der Waals surface area contributed by atoms with Crippen LogP contribution in [-0.2, 0) is 6.42 Å². The topological polar surface area (TPSA) is 92.3 Å². The smallest absolute Gasteiger partial charge is 0.322 e. The van der Waals surface area contributed by atoms with Gasteiger partial charge in [-0.3, -0.25) is 4.90 Å². The summed E-state index contributed by atoms with van der Waals surface area (Å²) in [5.74, 6) is 0.490. The Labute approximate surface area is 188 Å². The van der Waals surface area contributed by atoms with Crippen molar-refractivity contribution in [1.29, 1.82) is 0 Å². The summed E-state index contributed by atoms with van der Waals surface area (Å²) in [6.45, 7) is 7.02. The molecular weight excluding hydrogens is 402 g/mol. The molecule has 2 amide bonds. The Morgan fingerprint density at radius 3 is 2.72 bits per heavy atom. The summed E-state index contributed by atoms with van der Waals surface area (Å²) in [5.41, 5.74) is 11.4. The number of urea groups is 1. The molecule has 4 heterocycles. The molecule has 0 saturated carbocycles. The summed E-state index contributed by atoms with van der Waals surface area (Å²) in [4.78, 5) is 25.9. The van der Waals surface area contributed by atoms with Gasteiger partial charge in [-0.25, -0.2) is 14.8 Å². The van der Waals surface area contributed by atoms with Gasteiger partial charge in [0, 0.05) is 36.1 Å². The maximum atomic E-state index is 13.0. The fourth-order valence-electron chi connectivity index (χ4n) is 4.91. The van der Waals surface area contributed by atoms with Crippen molar-refractivity contribution >= 4 is 28.6 Å². The monoisotopic (exact) mass is 433 g/mol. The highest BCUT2D eigenvalue weighted by Gasteiger charge is 2.28. The zero-order chi connectivity index (χ0) is 22.4. The van der Waals surface area contributed by atoms with Gasteiger partial charge in [-0.15, -0.1) is 0 Å². The van der Waals surface area contributed by atoms with Gasteiger partial charge in [0.2, 0.25) is 0 Å². The average molecular weight is 434 g/mol. The van der Waals surface area contributed by atoms with Crippen LogP contribution in [0.2, 0.25) is 0 Å².